The molecule has 5 nitrogen and oxygen atoms in total. The molecule has 140 valence electrons. The van der Waals surface area contributed by atoms with Crippen LogP contribution < -0.4 is 10.2 Å². The summed E-state index contributed by atoms with van der Waals surface area (Å²) in [4.78, 5) is 24.5. The van der Waals surface area contributed by atoms with Crippen LogP contribution in [0.4, 0.5) is 11.6 Å². The summed E-state index contributed by atoms with van der Waals surface area (Å²) in [5.74, 6) is 2.20. The molecule has 0 aromatic carbocycles. The molecule has 4 aliphatic rings. The van der Waals surface area contributed by atoms with E-state index in [2.05, 4.69) is 36.1 Å². The van der Waals surface area contributed by atoms with Gasteiger partial charge in [-0.15, -0.1) is 0 Å². The number of pyridine rings is 2. The Hall–Kier alpha value is -1.66. The lowest BCUT2D eigenvalue weighted by Crippen LogP contribution is -2.64. The Morgan fingerprint density at radius 3 is 2.63 bits per heavy atom. The molecule has 27 heavy (non-hydrogen) atoms. The largest absolute Gasteiger partial charge is 0.349 e. The number of rotatable bonds is 3. The van der Waals surface area contributed by atoms with E-state index in [9.17, 15) is 4.79 Å². The van der Waals surface area contributed by atoms with E-state index in [1.165, 1.54) is 0 Å². The van der Waals surface area contributed by atoms with Gasteiger partial charge < -0.3 is 10.2 Å². The van der Waals surface area contributed by atoms with Crippen LogP contribution in [-0.4, -0.2) is 28.0 Å². The lowest BCUT2D eigenvalue weighted by molar-refractivity contribution is -0.134. The molecule has 2 unspecified atom stereocenters. The zero-order valence-corrected chi connectivity index (χ0v) is 17.1. The second-order valence-corrected chi connectivity index (χ2v) is 9.39. The van der Waals surface area contributed by atoms with E-state index in [0.717, 1.165) is 42.4 Å². The van der Waals surface area contributed by atoms with Crippen molar-refractivity contribution in [1.82, 2.24) is 9.97 Å². The SMILES string of the molecule is O=C(Nc1ccc(Br)cn1)C12CC3CC(C1)N(c1ncccc1Cl)C(C3)C2. The van der Waals surface area contributed by atoms with Crippen LogP contribution in [0.3, 0.4) is 0 Å². The quantitative estimate of drug-likeness (QED) is 0.743. The van der Waals surface area contributed by atoms with Crippen LogP contribution in [0.15, 0.2) is 41.1 Å². The minimum atomic E-state index is -0.303. The number of hydrogen-bond acceptors (Lipinski definition) is 4. The van der Waals surface area contributed by atoms with Gasteiger partial charge in [-0.05, 0) is 78.2 Å². The van der Waals surface area contributed by atoms with Gasteiger partial charge in [0, 0.05) is 29.0 Å². The van der Waals surface area contributed by atoms with Gasteiger partial charge in [-0.25, -0.2) is 9.97 Å². The van der Waals surface area contributed by atoms with Crippen molar-refractivity contribution in [1.29, 1.82) is 0 Å². The molecule has 0 radical (unpaired) electrons. The fourth-order valence-corrected chi connectivity index (χ4v) is 5.97. The van der Waals surface area contributed by atoms with E-state index in [-0.39, 0.29) is 11.3 Å². The van der Waals surface area contributed by atoms with Crippen molar-refractivity contribution in [2.75, 3.05) is 10.2 Å². The van der Waals surface area contributed by atoms with Gasteiger partial charge in [0.1, 0.15) is 11.6 Å². The second kappa shape index (κ2) is 6.45. The van der Waals surface area contributed by atoms with E-state index >= 15 is 0 Å². The summed E-state index contributed by atoms with van der Waals surface area (Å²) in [5, 5.41) is 3.76. The molecule has 0 spiro atoms. The molecule has 2 aromatic heterocycles. The number of nitrogens with one attached hydrogen (secondary N) is 1. The highest BCUT2D eigenvalue weighted by atomic mass is 79.9. The average Bonchev–Trinajstić information content (AvgIpc) is 2.64. The van der Waals surface area contributed by atoms with E-state index in [1.54, 1.807) is 12.4 Å². The van der Waals surface area contributed by atoms with Crippen LogP contribution in [0.2, 0.25) is 5.02 Å². The summed E-state index contributed by atoms with van der Waals surface area (Å²) in [6.45, 7) is 0. The Labute approximate surface area is 171 Å². The molecule has 1 N–H and O–H groups in total. The Morgan fingerprint density at radius 1 is 1.19 bits per heavy atom. The molecule has 4 bridgehead atoms. The molecule has 2 atom stereocenters. The fraction of sp³-hybridized carbons (Fsp3) is 0.450. The highest BCUT2D eigenvalue weighted by molar-refractivity contribution is 9.10. The first kappa shape index (κ1) is 17.4. The number of piperidine rings is 2. The molecule has 2 saturated heterocycles. The summed E-state index contributed by atoms with van der Waals surface area (Å²) in [5.41, 5.74) is -0.303. The molecule has 2 aliphatic heterocycles. The molecule has 7 heteroatoms. The van der Waals surface area contributed by atoms with Crippen molar-refractivity contribution < 1.29 is 4.79 Å². The monoisotopic (exact) mass is 446 g/mol. The molecular formula is C20H20BrClN4O. The van der Waals surface area contributed by atoms with Crippen LogP contribution in [0.1, 0.15) is 32.1 Å². The molecule has 2 saturated carbocycles. The lowest BCUT2D eigenvalue weighted by Gasteiger charge is -2.61. The van der Waals surface area contributed by atoms with Gasteiger partial charge in [-0.1, -0.05) is 11.6 Å². The van der Waals surface area contributed by atoms with E-state index in [0.29, 0.717) is 28.8 Å². The molecule has 1 amide bonds. The summed E-state index contributed by atoms with van der Waals surface area (Å²) in [6.07, 6.45) is 8.44. The van der Waals surface area contributed by atoms with E-state index in [1.807, 2.05) is 24.3 Å². The van der Waals surface area contributed by atoms with Gasteiger partial charge in [0.15, 0.2) is 0 Å². The van der Waals surface area contributed by atoms with Crippen molar-refractivity contribution in [2.45, 2.75) is 44.2 Å². The maximum Gasteiger partial charge on any atom is 0.231 e. The number of nitrogens with zero attached hydrogens (tertiary/aromatic N) is 3. The standard InChI is InChI=1S/C20H20BrClN4O/c21-13-3-4-17(24-11-13)25-19(27)20-8-12-6-14(9-20)26(15(7-12)10-20)18-16(22)2-1-5-23-18/h1-5,11-12,14-15H,6-10H2,(H,24,25,27). The smallest absolute Gasteiger partial charge is 0.231 e. The molecular weight excluding hydrogens is 428 g/mol. The first-order valence-electron chi connectivity index (χ1n) is 9.36. The number of halogens is 2. The summed E-state index contributed by atoms with van der Waals surface area (Å²) in [6, 6.07) is 8.15. The maximum atomic E-state index is 13.2. The van der Waals surface area contributed by atoms with Crippen molar-refractivity contribution in [2.24, 2.45) is 11.3 Å². The minimum absolute atomic E-state index is 0.114. The minimum Gasteiger partial charge on any atom is -0.349 e. The van der Waals surface area contributed by atoms with Crippen LogP contribution in [0.5, 0.6) is 0 Å². The molecule has 4 heterocycles. The number of aromatic nitrogens is 2. The predicted octanol–water partition coefficient (Wildman–Crippen LogP) is 4.67. The summed E-state index contributed by atoms with van der Waals surface area (Å²) >= 11 is 9.82. The van der Waals surface area contributed by atoms with Crippen LogP contribution >= 0.6 is 27.5 Å². The zero-order valence-electron chi connectivity index (χ0n) is 14.7. The van der Waals surface area contributed by atoms with Crippen molar-refractivity contribution in [3.63, 3.8) is 0 Å². The van der Waals surface area contributed by atoms with Gasteiger partial charge >= 0.3 is 0 Å². The maximum absolute atomic E-state index is 13.2. The lowest BCUT2D eigenvalue weighted by atomic mass is 9.55. The van der Waals surface area contributed by atoms with Gasteiger partial charge in [0.25, 0.3) is 0 Å². The molecule has 6 rings (SSSR count). The Kier molecular flexibility index (Phi) is 4.17. The fourth-order valence-electron chi connectivity index (χ4n) is 5.52. The topological polar surface area (TPSA) is 58.1 Å². The summed E-state index contributed by atoms with van der Waals surface area (Å²) in [7, 11) is 0. The summed E-state index contributed by atoms with van der Waals surface area (Å²) < 4.78 is 0.901. The van der Waals surface area contributed by atoms with Gasteiger partial charge in [-0.3, -0.25) is 4.79 Å². The number of amides is 1. The first-order valence-corrected chi connectivity index (χ1v) is 10.5. The number of carbonyl (C=O) groups is 1. The van der Waals surface area contributed by atoms with E-state index < -0.39 is 0 Å². The second-order valence-electron chi connectivity index (χ2n) is 8.07. The van der Waals surface area contributed by atoms with Gasteiger partial charge in [-0.2, -0.15) is 0 Å². The third-order valence-electron chi connectivity index (χ3n) is 6.36. The Morgan fingerprint density at radius 2 is 1.96 bits per heavy atom. The van der Waals surface area contributed by atoms with E-state index in [4.69, 9.17) is 11.6 Å². The number of anilines is 2. The van der Waals surface area contributed by atoms with Gasteiger partial charge in [0.2, 0.25) is 5.91 Å². The molecule has 2 aliphatic carbocycles. The Balaban J connectivity index is 1.41. The number of carbonyl (C=O) groups excluding carboxylic acids is 1. The van der Waals surface area contributed by atoms with Gasteiger partial charge in [0.05, 0.1) is 10.4 Å². The Bertz CT molecular complexity index is 874. The van der Waals surface area contributed by atoms with Crippen LogP contribution in [0, 0.1) is 11.3 Å². The highest BCUT2D eigenvalue weighted by Gasteiger charge is 2.58. The first-order chi connectivity index (χ1) is 13.0. The highest BCUT2D eigenvalue weighted by Crippen LogP contribution is 2.57. The van der Waals surface area contributed by atoms with Crippen molar-refractivity contribution in [3.05, 3.63) is 46.2 Å². The average molecular weight is 448 g/mol. The van der Waals surface area contributed by atoms with Crippen LogP contribution in [0.25, 0.3) is 0 Å². The number of hydrogen-bond donors (Lipinski definition) is 1. The third kappa shape index (κ3) is 2.93. The van der Waals surface area contributed by atoms with Crippen LogP contribution in [-0.2, 0) is 4.79 Å². The normalized spacial score (nSPS) is 31.2. The molecule has 2 aromatic rings. The predicted molar refractivity (Wildman–Crippen MR) is 109 cm³/mol. The zero-order chi connectivity index (χ0) is 18.6. The van der Waals surface area contributed by atoms with Crippen molar-refractivity contribution in [3.8, 4) is 0 Å². The third-order valence-corrected chi connectivity index (χ3v) is 7.13. The molecule has 4 fully saturated rings. The van der Waals surface area contributed by atoms with Crippen molar-refractivity contribution >= 4 is 45.1 Å².